The van der Waals surface area contributed by atoms with E-state index in [1.165, 1.54) is 0 Å². The van der Waals surface area contributed by atoms with E-state index in [1.54, 1.807) is 18.6 Å². The molecule has 1 unspecified atom stereocenters. The third-order valence-electron chi connectivity index (χ3n) is 5.60. The number of nitrogens with one attached hydrogen (secondary N) is 2. The van der Waals surface area contributed by atoms with E-state index in [-0.39, 0.29) is 11.8 Å². The first-order valence-corrected chi connectivity index (χ1v) is 11.2. The molecule has 1 aromatic carbocycles. The Balaban J connectivity index is 1.56. The number of carboxylic acid groups (broad SMARTS) is 1. The Morgan fingerprint density at radius 1 is 1.16 bits per heavy atom. The molecule has 3 heterocycles. The average molecular weight is 501 g/mol. The van der Waals surface area contributed by atoms with Crippen LogP contribution in [0.15, 0.2) is 41.3 Å². The lowest BCUT2D eigenvalue weighted by molar-refractivity contribution is -0.143. The number of nitrogens with zero attached hydrogens (tertiary/aromatic N) is 4. The first-order chi connectivity index (χ1) is 15.3. The Kier molecular flexibility index (Phi) is 6.43. The predicted octanol–water partition coefficient (Wildman–Crippen LogP) is 3.26. The number of anilines is 2. The minimum absolute atomic E-state index is 0.0810. The number of halogens is 1. The number of hydrogen-bond donors (Lipinski definition) is 3. The molecule has 9 nitrogen and oxygen atoms in total. The summed E-state index contributed by atoms with van der Waals surface area (Å²) in [5.74, 6) is -0.495. The standard InChI is InChI=1S/C22H25BrN6O3/c1-13(2)20(30)27-15-3-4-18-16(9-15)17(12-24-18)19(21(31)32)28-5-7-29(8-6-28)22-25-10-14(23)11-26-22/h3-4,9-13,19,24H,5-8H2,1-2H3,(H,27,30)(H,31,32). The maximum atomic E-state index is 12.3. The van der Waals surface area contributed by atoms with Crippen molar-refractivity contribution in [1.82, 2.24) is 19.9 Å². The van der Waals surface area contributed by atoms with Gasteiger partial charge in [-0.1, -0.05) is 13.8 Å². The highest BCUT2D eigenvalue weighted by atomic mass is 79.9. The molecule has 0 bridgehead atoms. The summed E-state index contributed by atoms with van der Waals surface area (Å²) in [6.45, 7) is 6.04. The summed E-state index contributed by atoms with van der Waals surface area (Å²) < 4.78 is 0.814. The molecule has 1 atom stereocenters. The Bertz CT molecular complexity index is 1120. The second-order valence-electron chi connectivity index (χ2n) is 8.11. The summed E-state index contributed by atoms with van der Waals surface area (Å²) in [7, 11) is 0. The highest BCUT2D eigenvalue weighted by molar-refractivity contribution is 9.10. The van der Waals surface area contributed by atoms with Crippen LogP contribution in [0.3, 0.4) is 0 Å². The predicted molar refractivity (Wildman–Crippen MR) is 126 cm³/mol. The SMILES string of the molecule is CC(C)C(=O)Nc1ccc2[nH]cc(C(C(=O)O)N3CCN(c4ncc(Br)cn4)CC3)c2c1. The molecule has 4 rings (SSSR count). The number of fused-ring (bicyclic) bond motifs is 1. The third-order valence-corrected chi connectivity index (χ3v) is 6.01. The number of piperazine rings is 1. The highest BCUT2D eigenvalue weighted by Gasteiger charge is 2.32. The van der Waals surface area contributed by atoms with Gasteiger partial charge in [0, 0.05) is 72.8 Å². The minimum Gasteiger partial charge on any atom is -0.480 e. The molecule has 0 spiro atoms. The smallest absolute Gasteiger partial charge is 0.325 e. The van der Waals surface area contributed by atoms with Crippen molar-refractivity contribution < 1.29 is 14.7 Å². The summed E-state index contributed by atoms with van der Waals surface area (Å²) in [6.07, 6.45) is 5.16. The van der Waals surface area contributed by atoms with E-state index in [0.717, 1.165) is 15.4 Å². The Hall–Kier alpha value is -2.98. The van der Waals surface area contributed by atoms with Gasteiger partial charge in [0.15, 0.2) is 0 Å². The zero-order valence-electron chi connectivity index (χ0n) is 17.9. The van der Waals surface area contributed by atoms with E-state index in [4.69, 9.17) is 0 Å². The van der Waals surface area contributed by atoms with E-state index >= 15 is 0 Å². The molecular formula is C22H25BrN6O3. The van der Waals surface area contributed by atoms with Gasteiger partial charge in [0.1, 0.15) is 6.04 Å². The van der Waals surface area contributed by atoms with E-state index in [2.05, 4.69) is 41.1 Å². The van der Waals surface area contributed by atoms with Crippen molar-refractivity contribution in [3.8, 4) is 0 Å². The van der Waals surface area contributed by atoms with Crippen LogP contribution < -0.4 is 10.2 Å². The van der Waals surface area contributed by atoms with Gasteiger partial charge in [-0.2, -0.15) is 0 Å². The zero-order chi connectivity index (χ0) is 22.8. The van der Waals surface area contributed by atoms with Gasteiger partial charge >= 0.3 is 5.97 Å². The van der Waals surface area contributed by atoms with Gasteiger partial charge in [0.05, 0.1) is 4.47 Å². The van der Waals surface area contributed by atoms with Crippen LogP contribution in [0, 0.1) is 5.92 Å². The van der Waals surface area contributed by atoms with Crippen molar-refractivity contribution in [3.63, 3.8) is 0 Å². The molecule has 3 N–H and O–H groups in total. The molecule has 0 radical (unpaired) electrons. The number of H-pyrrole nitrogens is 1. The quantitative estimate of drug-likeness (QED) is 0.475. The number of aromatic amines is 1. The number of carbonyl (C=O) groups excluding carboxylic acids is 1. The van der Waals surface area contributed by atoms with Crippen LogP contribution in [-0.4, -0.2) is 63.0 Å². The number of aromatic nitrogens is 3. The number of aliphatic carboxylic acids is 1. The molecule has 1 aliphatic rings. The van der Waals surface area contributed by atoms with Crippen molar-refractivity contribution in [2.45, 2.75) is 19.9 Å². The summed E-state index contributed by atoms with van der Waals surface area (Å²) in [6, 6.07) is 4.71. The largest absolute Gasteiger partial charge is 0.480 e. The van der Waals surface area contributed by atoms with Gasteiger partial charge in [0.2, 0.25) is 11.9 Å². The number of rotatable bonds is 6. The van der Waals surface area contributed by atoms with Gasteiger partial charge in [-0.3, -0.25) is 14.5 Å². The lowest BCUT2D eigenvalue weighted by Crippen LogP contribution is -2.49. The van der Waals surface area contributed by atoms with Crippen LogP contribution in [-0.2, 0) is 9.59 Å². The van der Waals surface area contributed by atoms with Crippen LogP contribution in [0.1, 0.15) is 25.5 Å². The Labute approximate surface area is 194 Å². The molecule has 1 fully saturated rings. The summed E-state index contributed by atoms with van der Waals surface area (Å²) in [5, 5.41) is 13.8. The lowest BCUT2D eigenvalue weighted by Gasteiger charge is -2.37. The second kappa shape index (κ2) is 9.25. The fourth-order valence-corrected chi connectivity index (χ4v) is 4.07. The fraction of sp³-hybridized carbons (Fsp3) is 0.364. The maximum absolute atomic E-state index is 12.3. The maximum Gasteiger partial charge on any atom is 0.325 e. The van der Waals surface area contributed by atoms with Gasteiger partial charge < -0.3 is 20.3 Å². The van der Waals surface area contributed by atoms with Crippen molar-refractivity contribution in [1.29, 1.82) is 0 Å². The average Bonchev–Trinajstić information content (AvgIpc) is 3.17. The molecule has 2 aromatic heterocycles. The minimum atomic E-state index is -0.907. The number of hydrogen-bond acceptors (Lipinski definition) is 6. The van der Waals surface area contributed by atoms with Crippen LogP contribution in [0.5, 0.6) is 0 Å². The number of amides is 1. The number of benzene rings is 1. The molecule has 1 amide bonds. The van der Waals surface area contributed by atoms with Gasteiger partial charge in [-0.25, -0.2) is 9.97 Å². The first-order valence-electron chi connectivity index (χ1n) is 10.4. The van der Waals surface area contributed by atoms with Gasteiger partial charge in [-0.15, -0.1) is 0 Å². The van der Waals surface area contributed by atoms with Crippen molar-refractivity contribution >= 4 is 50.3 Å². The fourth-order valence-electron chi connectivity index (χ4n) is 3.87. The van der Waals surface area contributed by atoms with Crippen LogP contribution in [0.4, 0.5) is 11.6 Å². The Morgan fingerprint density at radius 2 is 1.84 bits per heavy atom. The molecule has 10 heteroatoms. The molecule has 168 valence electrons. The van der Waals surface area contributed by atoms with Crippen molar-refractivity contribution in [2.24, 2.45) is 5.92 Å². The Morgan fingerprint density at radius 3 is 2.47 bits per heavy atom. The molecule has 1 aliphatic heterocycles. The van der Waals surface area contributed by atoms with Gasteiger partial charge in [-0.05, 0) is 34.1 Å². The molecule has 0 aliphatic carbocycles. The molecule has 1 saturated heterocycles. The number of carbonyl (C=O) groups is 2. The van der Waals surface area contributed by atoms with Crippen LogP contribution in [0.2, 0.25) is 0 Å². The van der Waals surface area contributed by atoms with E-state index in [9.17, 15) is 14.7 Å². The molecule has 32 heavy (non-hydrogen) atoms. The summed E-state index contributed by atoms with van der Waals surface area (Å²) >= 11 is 3.34. The van der Waals surface area contributed by atoms with E-state index in [0.29, 0.717) is 43.4 Å². The number of carboxylic acids is 1. The van der Waals surface area contributed by atoms with Crippen molar-refractivity contribution in [3.05, 3.63) is 46.8 Å². The normalized spacial score (nSPS) is 15.8. The molecular weight excluding hydrogens is 476 g/mol. The summed E-state index contributed by atoms with van der Waals surface area (Å²) in [4.78, 5) is 40.3. The topological polar surface area (TPSA) is 114 Å². The first kappa shape index (κ1) is 22.2. The molecule has 0 saturated carbocycles. The zero-order valence-corrected chi connectivity index (χ0v) is 19.5. The third kappa shape index (κ3) is 4.61. The highest BCUT2D eigenvalue weighted by Crippen LogP contribution is 2.31. The van der Waals surface area contributed by atoms with E-state index in [1.807, 2.05) is 36.9 Å². The van der Waals surface area contributed by atoms with Gasteiger partial charge in [0.25, 0.3) is 0 Å². The summed E-state index contributed by atoms with van der Waals surface area (Å²) in [5.41, 5.74) is 2.16. The van der Waals surface area contributed by atoms with E-state index < -0.39 is 12.0 Å². The molecule has 3 aromatic rings. The lowest BCUT2D eigenvalue weighted by atomic mass is 10.0. The van der Waals surface area contributed by atoms with Crippen LogP contribution in [0.25, 0.3) is 10.9 Å². The van der Waals surface area contributed by atoms with Crippen LogP contribution >= 0.6 is 15.9 Å². The van der Waals surface area contributed by atoms with Crippen molar-refractivity contribution in [2.75, 3.05) is 36.4 Å². The second-order valence-corrected chi connectivity index (χ2v) is 9.03. The monoisotopic (exact) mass is 500 g/mol.